The van der Waals surface area contributed by atoms with Crippen LogP contribution < -0.4 is 15.4 Å². The molecule has 0 aromatic heterocycles. The van der Waals surface area contributed by atoms with Crippen molar-refractivity contribution in [2.24, 2.45) is 4.99 Å². The van der Waals surface area contributed by atoms with Gasteiger partial charge in [-0.2, -0.15) is 0 Å². The summed E-state index contributed by atoms with van der Waals surface area (Å²) in [7, 11) is -3.17. The van der Waals surface area contributed by atoms with Gasteiger partial charge in [0.25, 0.3) is 0 Å². The molecular weight excluding hydrogens is 350 g/mol. The highest BCUT2D eigenvalue weighted by Gasteiger charge is 2.30. The molecule has 148 valence electrons. The molecule has 0 unspecified atom stereocenters. The van der Waals surface area contributed by atoms with Crippen LogP contribution in [0.4, 0.5) is 0 Å². The number of benzene rings is 1. The summed E-state index contributed by atoms with van der Waals surface area (Å²) in [5.74, 6) is 1.44. The number of ether oxygens (including phenoxy) is 1. The Hall–Kier alpha value is -1.76. The van der Waals surface area contributed by atoms with Crippen LogP contribution in [-0.4, -0.2) is 45.1 Å². The van der Waals surface area contributed by atoms with Gasteiger partial charge in [-0.3, -0.25) is 0 Å². The molecule has 1 rings (SSSR count). The predicted molar refractivity (Wildman–Crippen MR) is 109 cm³/mol. The van der Waals surface area contributed by atoms with E-state index in [-0.39, 0.29) is 6.54 Å². The fraction of sp³-hybridized carbons (Fsp3) is 0.632. The van der Waals surface area contributed by atoms with E-state index in [9.17, 15) is 8.42 Å². The van der Waals surface area contributed by atoms with Crippen molar-refractivity contribution in [1.29, 1.82) is 0 Å². The first kappa shape index (κ1) is 22.3. The fourth-order valence-electron chi connectivity index (χ4n) is 2.07. The zero-order valence-electron chi connectivity index (χ0n) is 16.8. The summed E-state index contributed by atoms with van der Waals surface area (Å²) in [6, 6.07) is 6.08. The van der Waals surface area contributed by atoms with Gasteiger partial charge in [0, 0.05) is 24.9 Å². The van der Waals surface area contributed by atoms with Gasteiger partial charge < -0.3 is 15.4 Å². The third-order valence-electron chi connectivity index (χ3n) is 4.12. The number of sulfone groups is 1. The van der Waals surface area contributed by atoms with Crippen LogP contribution in [0.25, 0.3) is 0 Å². The molecule has 0 saturated heterocycles. The third kappa shape index (κ3) is 6.86. The highest BCUT2D eigenvalue weighted by molar-refractivity contribution is 7.92. The summed E-state index contributed by atoms with van der Waals surface area (Å²) in [6.07, 6.45) is 2.20. The van der Waals surface area contributed by atoms with Crippen molar-refractivity contribution >= 4 is 15.8 Å². The molecule has 0 bridgehead atoms. The maximum atomic E-state index is 11.9. The van der Waals surface area contributed by atoms with Crippen LogP contribution in [0.2, 0.25) is 0 Å². The molecule has 0 spiro atoms. The lowest BCUT2D eigenvalue weighted by atomic mass is 10.1. The van der Waals surface area contributed by atoms with Crippen molar-refractivity contribution in [2.75, 3.05) is 26.0 Å². The molecule has 0 radical (unpaired) electrons. The van der Waals surface area contributed by atoms with Crippen molar-refractivity contribution in [3.63, 3.8) is 0 Å². The van der Waals surface area contributed by atoms with E-state index in [2.05, 4.69) is 22.5 Å². The number of nitrogens with zero attached hydrogens (tertiary/aromatic N) is 1. The summed E-state index contributed by atoms with van der Waals surface area (Å²) in [5, 5.41) is 6.28. The average molecular weight is 384 g/mol. The minimum atomic E-state index is -3.17. The Morgan fingerprint density at radius 2 is 1.92 bits per heavy atom. The molecule has 2 N–H and O–H groups in total. The van der Waals surface area contributed by atoms with Crippen molar-refractivity contribution in [3.8, 4) is 5.75 Å². The number of aryl methyl sites for hydroxylation is 1. The zero-order valence-corrected chi connectivity index (χ0v) is 17.7. The average Bonchev–Trinajstić information content (AvgIpc) is 2.55. The SMILES string of the molecule is CCCOc1cc(C)ccc1CN=C(NCC)NCC(C)(C)S(C)(=O)=O. The lowest BCUT2D eigenvalue weighted by molar-refractivity contribution is 0.314. The molecule has 26 heavy (non-hydrogen) atoms. The monoisotopic (exact) mass is 383 g/mol. The highest BCUT2D eigenvalue weighted by atomic mass is 32.2. The summed E-state index contributed by atoms with van der Waals surface area (Å²) < 4.78 is 28.7. The Kier molecular flexibility index (Phi) is 8.40. The van der Waals surface area contributed by atoms with Crippen LogP contribution in [-0.2, 0) is 16.4 Å². The van der Waals surface area contributed by atoms with Gasteiger partial charge in [0.05, 0.1) is 17.9 Å². The summed E-state index contributed by atoms with van der Waals surface area (Å²) in [4.78, 5) is 4.59. The summed E-state index contributed by atoms with van der Waals surface area (Å²) >= 11 is 0. The van der Waals surface area contributed by atoms with E-state index in [0.29, 0.717) is 25.7 Å². The Balaban J connectivity index is 2.90. The smallest absolute Gasteiger partial charge is 0.191 e. The standard InChI is InChI=1S/C19H33N3O3S/c1-7-11-25-17-12-15(3)9-10-16(17)13-21-18(20-8-2)22-14-19(4,5)26(6,23)24/h9-10,12H,7-8,11,13-14H2,1-6H3,(H2,20,21,22). The normalized spacial score (nSPS) is 12.8. The van der Waals surface area contributed by atoms with Gasteiger partial charge in [0.15, 0.2) is 15.8 Å². The number of nitrogens with one attached hydrogen (secondary N) is 2. The van der Waals surface area contributed by atoms with Crippen LogP contribution in [0.3, 0.4) is 0 Å². The van der Waals surface area contributed by atoms with E-state index in [0.717, 1.165) is 23.3 Å². The number of rotatable bonds is 9. The molecule has 0 saturated carbocycles. The topological polar surface area (TPSA) is 79.8 Å². The van der Waals surface area contributed by atoms with Gasteiger partial charge in [-0.05, 0) is 45.7 Å². The van der Waals surface area contributed by atoms with E-state index in [1.165, 1.54) is 6.26 Å². The second-order valence-corrected chi connectivity index (χ2v) is 9.69. The first-order valence-corrected chi connectivity index (χ1v) is 10.9. The van der Waals surface area contributed by atoms with Crippen LogP contribution in [0.5, 0.6) is 5.75 Å². The highest BCUT2D eigenvalue weighted by Crippen LogP contribution is 2.21. The molecular formula is C19H33N3O3S. The molecule has 7 heteroatoms. The number of guanidine groups is 1. The van der Waals surface area contributed by atoms with E-state index in [1.54, 1.807) is 13.8 Å². The molecule has 0 amide bonds. The van der Waals surface area contributed by atoms with E-state index in [1.807, 2.05) is 32.0 Å². The van der Waals surface area contributed by atoms with Crippen molar-refractivity contribution < 1.29 is 13.2 Å². The number of hydrogen-bond donors (Lipinski definition) is 2. The first-order chi connectivity index (χ1) is 12.1. The second kappa shape index (κ2) is 9.80. The van der Waals surface area contributed by atoms with Crippen LogP contribution in [0.1, 0.15) is 45.2 Å². The number of aliphatic imine (C=N–C) groups is 1. The lowest BCUT2D eigenvalue weighted by Gasteiger charge is -2.24. The van der Waals surface area contributed by atoms with Gasteiger partial charge in [0.2, 0.25) is 0 Å². The van der Waals surface area contributed by atoms with Crippen LogP contribution in [0, 0.1) is 6.92 Å². The Morgan fingerprint density at radius 1 is 1.23 bits per heavy atom. The van der Waals surface area contributed by atoms with Crippen molar-refractivity contribution in [1.82, 2.24) is 10.6 Å². The van der Waals surface area contributed by atoms with Crippen molar-refractivity contribution in [3.05, 3.63) is 29.3 Å². The molecule has 1 aromatic carbocycles. The third-order valence-corrected chi connectivity index (χ3v) is 6.27. The molecule has 6 nitrogen and oxygen atoms in total. The molecule has 0 heterocycles. The summed E-state index contributed by atoms with van der Waals surface area (Å²) in [6.45, 7) is 11.6. The molecule has 1 aromatic rings. The van der Waals surface area contributed by atoms with Crippen LogP contribution in [0.15, 0.2) is 23.2 Å². The quantitative estimate of drug-likeness (QED) is 0.506. The predicted octanol–water partition coefficient (Wildman–Crippen LogP) is 2.66. The van der Waals surface area contributed by atoms with Gasteiger partial charge >= 0.3 is 0 Å². The molecule has 0 atom stereocenters. The maximum Gasteiger partial charge on any atom is 0.191 e. The Morgan fingerprint density at radius 3 is 2.50 bits per heavy atom. The van der Waals surface area contributed by atoms with E-state index < -0.39 is 14.6 Å². The Labute approximate surface area is 158 Å². The molecule has 0 fully saturated rings. The summed E-state index contributed by atoms with van der Waals surface area (Å²) in [5.41, 5.74) is 2.15. The van der Waals surface area contributed by atoms with Gasteiger partial charge in [0.1, 0.15) is 5.75 Å². The van der Waals surface area contributed by atoms with Crippen molar-refractivity contribution in [2.45, 2.75) is 52.3 Å². The van der Waals surface area contributed by atoms with E-state index in [4.69, 9.17) is 4.74 Å². The molecule has 0 aliphatic heterocycles. The van der Waals surface area contributed by atoms with Gasteiger partial charge in [-0.15, -0.1) is 0 Å². The minimum absolute atomic E-state index is 0.282. The second-order valence-electron chi connectivity index (χ2n) is 7.04. The zero-order chi connectivity index (χ0) is 19.8. The largest absolute Gasteiger partial charge is 0.493 e. The fourth-order valence-corrected chi connectivity index (χ4v) is 2.41. The van der Waals surface area contributed by atoms with Crippen LogP contribution >= 0.6 is 0 Å². The first-order valence-electron chi connectivity index (χ1n) is 9.04. The lowest BCUT2D eigenvalue weighted by Crippen LogP contribution is -2.47. The van der Waals surface area contributed by atoms with Gasteiger partial charge in [-0.1, -0.05) is 19.1 Å². The maximum absolute atomic E-state index is 11.9. The Bertz CT molecular complexity index is 713. The molecule has 0 aliphatic carbocycles. The molecule has 0 aliphatic rings. The van der Waals surface area contributed by atoms with Gasteiger partial charge in [-0.25, -0.2) is 13.4 Å². The number of hydrogen-bond acceptors (Lipinski definition) is 4. The van der Waals surface area contributed by atoms with E-state index >= 15 is 0 Å². The minimum Gasteiger partial charge on any atom is -0.493 e.